The Kier molecular flexibility index (Phi) is 6.25. The van der Waals surface area contributed by atoms with Gasteiger partial charge in [0, 0.05) is 36.9 Å². The highest BCUT2D eigenvalue weighted by Gasteiger charge is 2.32. The third kappa shape index (κ3) is 4.81. The van der Waals surface area contributed by atoms with Crippen LogP contribution in [0.4, 0.5) is 19.1 Å². The lowest BCUT2D eigenvalue weighted by molar-refractivity contribution is -0.138. The van der Waals surface area contributed by atoms with Gasteiger partial charge in [-0.05, 0) is 30.5 Å². The smallest absolute Gasteiger partial charge is 0.351 e. The Morgan fingerprint density at radius 2 is 1.82 bits per heavy atom. The number of anilines is 1. The summed E-state index contributed by atoms with van der Waals surface area (Å²) in [6, 6.07) is 6.65. The van der Waals surface area contributed by atoms with Crippen molar-refractivity contribution in [1.29, 1.82) is 0 Å². The molecule has 0 saturated carbocycles. The summed E-state index contributed by atoms with van der Waals surface area (Å²) < 4.78 is 64.7. The van der Waals surface area contributed by atoms with E-state index in [9.17, 15) is 21.6 Å². The molecule has 28 heavy (non-hydrogen) atoms. The Hall–Kier alpha value is -1.72. The molecule has 1 saturated heterocycles. The van der Waals surface area contributed by atoms with Crippen LogP contribution in [0, 0.1) is 0 Å². The van der Waals surface area contributed by atoms with Crippen LogP contribution in [0.1, 0.15) is 24.0 Å². The first-order chi connectivity index (χ1) is 13.2. The van der Waals surface area contributed by atoms with Gasteiger partial charge < -0.3 is 5.32 Å². The van der Waals surface area contributed by atoms with E-state index in [2.05, 4.69) is 31.2 Å². The van der Waals surface area contributed by atoms with Crippen molar-refractivity contribution in [2.24, 2.45) is 0 Å². The number of sulfonamides is 1. The first-order valence-corrected chi connectivity index (χ1v) is 11.1. The molecule has 0 radical (unpaired) electrons. The molecule has 1 aromatic heterocycles. The zero-order valence-corrected chi connectivity index (χ0v) is 17.1. The van der Waals surface area contributed by atoms with Crippen molar-refractivity contribution >= 4 is 31.9 Å². The number of aromatic nitrogens is 2. The second-order valence-corrected chi connectivity index (χ2v) is 8.90. The standard InChI is InChI=1S/C17H18BrF3N4O2S/c18-9-12-2-1-3-15(8-12)28(26,27)25-6-4-14(5-7-25)24-16-22-10-13(11-23-16)17(19,20)21/h1-3,8,10-11,14H,4-7,9H2,(H,22,23,24). The molecule has 0 unspecified atom stereocenters. The SMILES string of the molecule is O=S(=O)(c1cccc(CBr)c1)N1CCC(Nc2ncc(C(F)(F)F)cn2)CC1. The fourth-order valence-corrected chi connectivity index (χ4v) is 4.80. The fourth-order valence-electron chi connectivity index (χ4n) is 2.91. The molecule has 1 aliphatic rings. The Morgan fingerprint density at radius 1 is 1.18 bits per heavy atom. The molecule has 0 atom stereocenters. The second-order valence-electron chi connectivity index (χ2n) is 6.40. The van der Waals surface area contributed by atoms with E-state index < -0.39 is 21.8 Å². The van der Waals surface area contributed by atoms with Gasteiger partial charge in [-0.1, -0.05) is 28.1 Å². The molecule has 0 amide bonds. The van der Waals surface area contributed by atoms with Gasteiger partial charge in [0.05, 0.1) is 10.5 Å². The lowest BCUT2D eigenvalue weighted by Gasteiger charge is -2.31. The molecule has 0 bridgehead atoms. The van der Waals surface area contributed by atoms with Crippen LogP contribution in [0.5, 0.6) is 0 Å². The summed E-state index contributed by atoms with van der Waals surface area (Å²) in [6.07, 6.45) is -2.02. The average molecular weight is 479 g/mol. The van der Waals surface area contributed by atoms with E-state index in [0.29, 0.717) is 31.3 Å². The summed E-state index contributed by atoms with van der Waals surface area (Å²) in [7, 11) is -3.58. The van der Waals surface area contributed by atoms with Crippen molar-refractivity contribution in [3.63, 3.8) is 0 Å². The van der Waals surface area contributed by atoms with Crippen LogP contribution in [0.2, 0.25) is 0 Å². The number of alkyl halides is 4. The molecular formula is C17H18BrF3N4O2S. The monoisotopic (exact) mass is 478 g/mol. The minimum Gasteiger partial charge on any atom is -0.351 e. The highest BCUT2D eigenvalue weighted by Crippen LogP contribution is 2.28. The molecule has 11 heteroatoms. The number of nitrogens with one attached hydrogen (secondary N) is 1. The van der Waals surface area contributed by atoms with Crippen molar-refractivity contribution in [3.8, 4) is 0 Å². The van der Waals surface area contributed by atoms with Crippen LogP contribution in [-0.4, -0.2) is 41.8 Å². The Labute approximate surface area is 169 Å². The van der Waals surface area contributed by atoms with E-state index in [-0.39, 0.29) is 16.9 Å². The molecule has 152 valence electrons. The highest BCUT2D eigenvalue weighted by molar-refractivity contribution is 9.08. The van der Waals surface area contributed by atoms with Gasteiger partial charge in [0.25, 0.3) is 0 Å². The van der Waals surface area contributed by atoms with Crippen LogP contribution < -0.4 is 5.32 Å². The number of piperidine rings is 1. The number of hydrogen-bond donors (Lipinski definition) is 1. The molecule has 1 aliphatic heterocycles. The van der Waals surface area contributed by atoms with Crippen LogP contribution >= 0.6 is 15.9 Å². The zero-order valence-electron chi connectivity index (χ0n) is 14.7. The molecule has 0 spiro atoms. The maximum Gasteiger partial charge on any atom is 0.419 e. The van der Waals surface area contributed by atoms with E-state index >= 15 is 0 Å². The Balaban J connectivity index is 1.61. The largest absolute Gasteiger partial charge is 0.419 e. The average Bonchev–Trinajstić information content (AvgIpc) is 2.68. The van der Waals surface area contributed by atoms with Crippen molar-refractivity contribution < 1.29 is 21.6 Å². The van der Waals surface area contributed by atoms with E-state index in [0.717, 1.165) is 18.0 Å². The maximum atomic E-state index is 12.8. The molecule has 1 N–H and O–H groups in total. The van der Waals surface area contributed by atoms with E-state index in [4.69, 9.17) is 0 Å². The summed E-state index contributed by atoms with van der Waals surface area (Å²) >= 11 is 3.32. The lowest BCUT2D eigenvalue weighted by Crippen LogP contribution is -2.42. The lowest BCUT2D eigenvalue weighted by atomic mass is 10.1. The predicted octanol–water partition coefficient (Wildman–Crippen LogP) is 3.66. The quantitative estimate of drug-likeness (QED) is 0.663. The van der Waals surface area contributed by atoms with Gasteiger partial charge in [0.15, 0.2) is 0 Å². The van der Waals surface area contributed by atoms with Crippen LogP contribution in [0.25, 0.3) is 0 Å². The van der Waals surface area contributed by atoms with Gasteiger partial charge in [-0.15, -0.1) is 0 Å². The third-order valence-electron chi connectivity index (χ3n) is 4.46. The van der Waals surface area contributed by atoms with Gasteiger partial charge in [-0.25, -0.2) is 18.4 Å². The van der Waals surface area contributed by atoms with Crippen LogP contribution in [0.3, 0.4) is 0 Å². The third-order valence-corrected chi connectivity index (χ3v) is 7.00. The predicted molar refractivity (Wildman–Crippen MR) is 102 cm³/mol. The number of benzene rings is 1. The Morgan fingerprint density at radius 3 is 2.39 bits per heavy atom. The maximum absolute atomic E-state index is 12.8. The summed E-state index contributed by atoms with van der Waals surface area (Å²) in [5.74, 6) is 0.0966. The van der Waals surface area contributed by atoms with Gasteiger partial charge in [-0.3, -0.25) is 0 Å². The number of nitrogens with zero attached hydrogens (tertiary/aromatic N) is 3. The molecule has 1 aromatic carbocycles. The summed E-state index contributed by atoms with van der Waals surface area (Å²) in [5, 5.41) is 3.54. The van der Waals surface area contributed by atoms with Gasteiger partial charge in [0.2, 0.25) is 16.0 Å². The molecule has 2 heterocycles. The molecule has 6 nitrogen and oxygen atoms in total. The number of halogens is 4. The zero-order chi connectivity index (χ0) is 20.4. The molecule has 2 aromatic rings. The first kappa shape index (κ1) is 21.0. The summed E-state index contributed by atoms with van der Waals surface area (Å²) in [6.45, 7) is 0.609. The number of rotatable bonds is 5. The van der Waals surface area contributed by atoms with Crippen molar-refractivity contribution in [1.82, 2.24) is 14.3 Å². The topological polar surface area (TPSA) is 75.2 Å². The minimum atomic E-state index is -4.48. The van der Waals surface area contributed by atoms with Crippen molar-refractivity contribution in [2.45, 2.75) is 35.3 Å². The normalized spacial score (nSPS) is 16.9. The highest BCUT2D eigenvalue weighted by atomic mass is 79.9. The second kappa shape index (κ2) is 8.34. The van der Waals surface area contributed by atoms with Crippen molar-refractivity contribution in [3.05, 3.63) is 47.8 Å². The van der Waals surface area contributed by atoms with Gasteiger partial charge in [-0.2, -0.15) is 17.5 Å². The minimum absolute atomic E-state index is 0.0966. The molecule has 0 aliphatic carbocycles. The van der Waals surface area contributed by atoms with Crippen LogP contribution in [0.15, 0.2) is 41.6 Å². The van der Waals surface area contributed by atoms with E-state index in [1.54, 1.807) is 18.2 Å². The first-order valence-electron chi connectivity index (χ1n) is 8.51. The summed E-state index contributed by atoms with van der Waals surface area (Å²) in [4.78, 5) is 7.64. The summed E-state index contributed by atoms with van der Waals surface area (Å²) in [5.41, 5.74) is -0.0400. The Bertz CT molecular complexity index is 915. The molecule has 3 rings (SSSR count). The van der Waals surface area contributed by atoms with Crippen molar-refractivity contribution in [2.75, 3.05) is 18.4 Å². The van der Waals surface area contributed by atoms with Gasteiger partial charge >= 0.3 is 6.18 Å². The fraction of sp³-hybridized carbons (Fsp3) is 0.412. The molecule has 1 fully saturated rings. The van der Waals surface area contributed by atoms with Gasteiger partial charge in [0.1, 0.15) is 0 Å². The van der Waals surface area contributed by atoms with Crippen LogP contribution in [-0.2, 0) is 21.5 Å². The van der Waals surface area contributed by atoms with E-state index in [1.807, 2.05) is 6.07 Å². The number of hydrogen-bond acceptors (Lipinski definition) is 5. The molecular weight excluding hydrogens is 461 g/mol. The van der Waals surface area contributed by atoms with E-state index in [1.165, 1.54) is 4.31 Å².